The van der Waals surface area contributed by atoms with Gasteiger partial charge in [-0.1, -0.05) is 6.07 Å². The predicted molar refractivity (Wildman–Crippen MR) is 103 cm³/mol. The van der Waals surface area contributed by atoms with E-state index >= 15 is 0 Å². The van der Waals surface area contributed by atoms with Gasteiger partial charge in [-0.25, -0.2) is 4.98 Å². The molecule has 0 bridgehead atoms. The molecule has 0 aliphatic carbocycles. The van der Waals surface area contributed by atoms with E-state index in [2.05, 4.69) is 9.97 Å². The minimum atomic E-state index is -0.0585. The summed E-state index contributed by atoms with van der Waals surface area (Å²) >= 11 is 0. The summed E-state index contributed by atoms with van der Waals surface area (Å²) in [6.07, 6.45) is 11.5. The molecule has 5 aromatic heterocycles. The van der Waals surface area contributed by atoms with Crippen LogP contribution in [0.15, 0.2) is 82.9 Å². The molecule has 0 aromatic carbocycles. The highest BCUT2D eigenvalue weighted by Crippen LogP contribution is 2.27. The van der Waals surface area contributed by atoms with Crippen LogP contribution in [0.4, 0.5) is 0 Å². The van der Waals surface area contributed by atoms with Crippen molar-refractivity contribution in [2.45, 2.75) is 13.0 Å². The number of hydrogen-bond acceptors (Lipinski definition) is 4. The summed E-state index contributed by atoms with van der Waals surface area (Å²) in [5, 5.41) is 0.596. The topological polar surface area (TPSA) is 65.3 Å². The molecule has 132 valence electrons. The summed E-state index contributed by atoms with van der Waals surface area (Å²) in [4.78, 5) is 21.7. The molecule has 6 heteroatoms. The first-order valence-corrected chi connectivity index (χ1v) is 8.73. The maximum atomic E-state index is 13.0. The van der Waals surface area contributed by atoms with E-state index < -0.39 is 0 Å². The number of rotatable bonds is 4. The lowest BCUT2D eigenvalue weighted by Gasteiger charge is -2.05. The van der Waals surface area contributed by atoms with E-state index in [1.165, 1.54) is 0 Å². The van der Waals surface area contributed by atoms with Crippen LogP contribution in [-0.4, -0.2) is 18.9 Å². The average Bonchev–Trinajstić information content (AvgIpc) is 3.32. The predicted octanol–water partition coefficient (Wildman–Crippen LogP) is 3.55. The second kappa shape index (κ2) is 6.25. The van der Waals surface area contributed by atoms with Gasteiger partial charge in [-0.05, 0) is 35.9 Å². The lowest BCUT2D eigenvalue weighted by molar-refractivity contribution is 0.612. The number of aryl methyl sites for hydroxylation is 2. The van der Waals surface area contributed by atoms with E-state index in [0.29, 0.717) is 23.9 Å². The standard InChI is InChI=1S/C21H16N4O2/c26-21-20-17(15-4-8-22-9-5-15)14-27-18(20)7-12-24(21)11-6-16-13-25-10-2-1-3-19(25)23-16/h1-5,7-10,12-14H,6,11H2. The summed E-state index contributed by atoms with van der Waals surface area (Å²) < 4.78 is 9.29. The van der Waals surface area contributed by atoms with Crippen molar-refractivity contribution in [3.8, 4) is 11.1 Å². The number of imidazole rings is 1. The molecule has 0 unspecified atom stereocenters. The van der Waals surface area contributed by atoms with Crippen LogP contribution >= 0.6 is 0 Å². The molecule has 27 heavy (non-hydrogen) atoms. The maximum absolute atomic E-state index is 13.0. The van der Waals surface area contributed by atoms with Gasteiger partial charge in [-0.3, -0.25) is 9.78 Å². The zero-order chi connectivity index (χ0) is 18.2. The second-order valence-electron chi connectivity index (χ2n) is 6.39. The van der Waals surface area contributed by atoms with Crippen molar-refractivity contribution in [1.29, 1.82) is 0 Å². The fourth-order valence-electron chi connectivity index (χ4n) is 3.35. The molecule has 0 N–H and O–H groups in total. The fourth-order valence-corrected chi connectivity index (χ4v) is 3.35. The Kier molecular flexibility index (Phi) is 3.60. The summed E-state index contributed by atoms with van der Waals surface area (Å²) in [6, 6.07) is 11.5. The van der Waals surface area contributed by atoms with Crippen molar-refractivity contribution in [2.24, 2.45) is 0 Å². The van der Waals surface area contributed by atoms with E-state index in [1.807, 2.05) is 53.2 Å². The molecule has 0 aliphatic heterocycles. The molecule has 0 fully saturated rings. The van der Waals surface area contributed by atoms with Crippen LogP contribution in [0.25, 0.3) is 27.7 Å². The normalized spacial score (nSPS) is 11.4. The van der Waals surface area contributed by atoms with Crippen LogP contribution < -0.4 is 5.56 Å². The summed E-state index contributed by atoms with van der Waals surface area (Å²) in [5.74, 6) is 0. The highest BCUT2D eigenvalue weighted by molar-refractivity contribution is 5.93. The SMILES string of the molecule is O=c1c2c(-c3ccncc3)coc2ccn1CCc1cn2ccccc2n1. The van der Waals surface area contributed by atoms with Crippen LogP contribution in [0, 0.1) is 0 Å². The van der Waals surface area contributed by atoms with Gasteiger partial charge in [0, 0.05) is 49.5 Å². The van der Waals surface area contributed by atoms with Crippen LogP contribution in [0.5, 0.6) is 0 Å². The number of fused-ring (bicyclic) bond motifs is 2. The lowest BCUT2D eigenvalue weighted by Crippen LogP contribution is -2.20. The molecule has 0 atom stereocenters. The van der Waals surface area contributed by atoms with Crippen LogP contribution in [0.3, 0.4) is 0 Å². The lowest BCUT2D eigenvalue weighted by atomic mass is 10.1. The van der Waals surface area contributed by atoms with Gasteiger partial charge in [0.25, 0.3) is 5.56 Å². The summed E-state index contributed by atoms with van der Waals surface area (Å²) in [5.41, 5.74) is 4.10. The molecule has 6 nitrogen and oxygen atoms in total. The van der Waals surface area contributed by atoms with Gasteiger partial charge in [0.2, 0.25) is 0 Å². The van der Waals surface area contributed by atoms with E-state index in [0.717, 1.165) is 22.5 Å². The van der Waals surface area contributed by atoms with E-state index in [1.54, 1.807) is 29.4 Å². The maximum Gasteiger partial charge on any atom is 0.262 e. The largest absolute Gasteiger partial charge is 0.463 e. The van der Waals surface area contributed by atoms with Gasteiger partial charge in [-0.2, -0.15) is 0 Å². The van der Waals surface area contributed by atoms with Crippen molar-refractivity contribution in [2.75, 3.05) is 0 Å². The van der Waals surface area contributed by atoms with Gasteiger partial charge in [0.1, 0.15) is 11.2 Å². The molecule has 0 radical (unpaired) electrons. The number of hydrogen-bond donors (Lipinski definition) is 0. The number of aromatic nitrogens is 4. The summed E-state index contributed by atoms with van der Waals surface area (Å²) in [7, 11) is 0. The fraction of sp³-hybridized carbons (Fsp3) is 0.0952. The highest BCUT2D eigenvalue weighted by Gasteiger charge is 2.14. The zero-order valence-electron chi connectivity index (χ0n) is 14.4. The van der Waals surface area contributed by atoms with Crippen molar-refractivity contribution in [1.82, 2.24) is 18.9 Å². The molecule has 5 rings (SSSR count). The second-order valence-corrected chi connectivity index (χ2v) is 6.39. The Labute approximate surface area is 154 Å². The Morgan fingerprint density at radius 1 is 1.04 bits per heavy atom. The Morgan fingerprint density at radius 3 is 2.78 bits per heavy atom. The number of nitrogens with zero attached hydrogens (tertiary/aromatic N) is 4. The Hall–Kier alpha value is -3.67. The number of pyridine rings is 3. The molecule has 5 aromatic rings. The first-order valence-electron chi connectivity index (χ1n) is 8.73. The van der Waals surface area contributed by atoms with Crippen molar-refractivity contribution in [3.05, 3.63) is 89.7 Å². The van der Waals surface area contributed by atoms with Crippen LogP contribution in [0.1, 0.15) is 5.69 Å². The Morgan fingerprint density at radius 2 is 1.93 bits per heavy atom. The van der Waals surface area contributed by atoms with Gasteiger partial charge in [0.05, 0.1) is 17.3 Å². The van der Waals surface area contributed by atoms with Crippen molar-refractivity contribution >= 4 is 16.6 Å². The Balaban J connectivity index is 1.50. The quantitative estimate of drug-likeness (QED) is 0.494. The third-order valence-electron chi connectivity index (χ3n) is 4.71. The number of furan rings is 1. The van der Waals surface area contributed by atoms with E-state index in [4.69, 9.17) is 4.42 Å². The molecule has 0 aliphatic rings. The smallest absolute Gasteiger partial charge is 0.262 e. The first-order chi connectivity index (χ1) is 13.3. The zero-order valence-corrected chi connectivity index (χ0v) is 14.4. The van der Waals surface area contributed by atoms with Gasteiger partial charge < -0.3 is 13.4 Å². The summed E-state index contributed by atoms with van der Waals surface area (Å²) in [6.45, 7) is 0.555. The average molecular weight is 356 g/mol. The van der Waals surface area contributed by atoms with E-state index in [-0.39, 0.29) is 5.56 Å². The van der Waals surface area contributed by atoms with Gasteiger partial charge >= 0.3 is 0 Å². The van der Waals surface area contributed by atoms with E-state index in [9.17, 15) is 4.79 Å². The third-order valence-corrected chi connectivity index (χ3v) is 4.71. The van der Waals surface area contributed by atoms with Crippen molar-refractivity contribution in [3.63, 3.8) is 0 Å². The van der Waals surface area contributed by atoms with Gasteiger partial charge in [0.15, 0.2) is 0 Å². The first kappa shape index (κ1) is 15.6. The highest BCUT2D eigenvalue weighted by atomic mass is 16.3. The van der Waals surface area contributed by atoms with Crippen LogP contribution in [-0.2, 0) is 13.0 Å². The monoisotopic (exact) mass is 356 g/mol. The molecular formula is C21H16N4O2. The molecule has 0 amide bonds. The molecule has 0 saturated carbocycles. The molecule has 0 saturated heterocycles. The van der Waals surface area contributed by atoms with Gasteiger partial charge in [-0.15, -0.1) is 0 Å². The molecular weight excluding hydrogens is 340 g/mol. The Bertz CT molecular complexity index is 1270. The van der Waals surface area contributed by atoms with Crippen LogP contribution in [0.2, 0.25) is 0 Å². The molecule has 5 heterocycles. The minimum absolute atomic E-state index is 0.0585. The minimum Gasteiger partial charge on any atom is -0.463 e. The third kappa shape index (κ3) is 2.71. The van der Waals surface area contributed by atoms with Crippen molar-refractivity contribution < 1.29 is 4.42 Å². The molecule has 0 spiro atoms.